The molecule has 3 amide bonds. The van der Waals surface area contributed by atoms with Crippen molar-refractivity contribution in [2.45, 2.75) is 25.0 Å². The van der Waals surface area contributed by atoms with Crippen molar-refractivity contribution in [1.82, 2.24) is 9.69 Å². The number of ether oxygens (including phenoxy) is 2. The number of hydrogen-bond acceptors (Lipinski definition) is 9. The van der Waals surface area contributed by atoms with Gasteiger partial charge >= 0.3 is 0 Å². The van der Waals surface area contributed by atoms with Crippen LogP contribution >= 0.6 is 11.5 Å². The van der Waals surface area contributed by atoms with Crippen molar-refractivity contribution in [2.75, 3.05) is 30.9 Å². The number of nitrogens with zero attached hydrogens (tertiary/aromatic N) is 2. The molecule has 3 aromatic rings. The summed E-state index contributed by atoms with van der Waals surface area (Å²) in [7, 11) is 1.48. The average Bonchev–Trinajstić information content (AvgIpc) is 3.56. The normalized spacial score (nSPS) is 15.6. The van der Waals surface area contributed by atoms with Crippen molar-refractivity contribution in [3.8, 4) is 11.5 Å². The summed E-state index contributed by atoms with van der Waals surface area (Å²) in [5.41, 5.74) is 11.8. The number of nitrogens with two attached hydrogens (primary N) is 2. The first-order valence-electron chi connectivity index (χ1n) is 11.5. The number of hydrogen-bond donors (Lipinski definition) is 4. The van der Waals surface area contributed by atoms with Crippen molar-refractivity contribution in [3.05, 3.63) is 64.7 Å². The maximum Gasteiger partial charge on any atom is 0.273 e. The standard InChI is InChI=1S/C25H27N5O6S/c1-35-17-5-2-4-15(12-17)30(25(34)22-19(26)20(23(27)32)29-37-22)21(14-7-9-16(31)10-8-14)24(33)28-13-18-6-3-11-36-18/h2,4-5,7-10,12,18,21,31H,3,6,11,13,26H2,1H3,(H2,27,32)(H,28,33)/t18-,21-/m0/s1. The lowest BCUT2D eigenvalue weighted by atomic mass is 10.0. The highest BCUT2D eigenvalue weighted by Gasteiger charge is 2.36. The molecule has 0 aliphatic carbocycles. The Morgan fingerprint density at radius 2 is 2.03 bits per heavy atom. The van der Waals surface area contributed by atoms with Gasteiger partial charge in [-0.3, -0.25) is 19.3 Å². The van der Waals surface area contributed by atoms with Crippen LogP contribution in [-0.2, 0) is 9.53 Å². The number of aromatic nitrogens is 1. The van der Waals surface area contributed by atoms with Crippen molar-refractivity contribution in [1.29, 1.82) is 0 Å². The molecule has 1 fully saturated rings. The molecule has 1 saturated heterocycles. The van der Waals surface area contributed by atoms with Crippen LogP contribution < -0.4 is 26.4 Å². The lowest BCUT2D eigenvalue weighted by Crippen LogP contribution is -2.45. The van der Waals surface area contributed by atoms with Gasteiger partial charge in [0, 0.05) is 24.9 Å². The molecule has 0 spiro atoms. The SMILES string of the molecule is COc1cccc(N(C(=O)c2snc(C(N)=O)c2N)[C@H](C(=O)NC[C@@H]2CCCO2)c2ccc(O)cc2)c1. The van der Waals surface area contributed by atoms with Gasteiger partial charge < -0.3 is 31.4 Å². The molecule has 0 bridgehead atoms. The van der Waals surface area contributed by atoms with E-state index in [1.165, 1.54) is 24.1 Å². The van der Waals surface area contributed by atoms with E-state index < -0.39 is 23.8 Å². The summed E-state index contributed by atoms with van der Waals surface area (Å²) in [6.45, 7) is 0.894. The first-order chi connectivity index (χ1) is 17.8. The zero-order chi connectivity index (χ0) is 26.5. The Hall–Kier alpha value is -4.16. The summed E-state index contributed by atoms with van der Waals surface area (Å²) in [5, 5.41) is 12.7. The molecule has 0 radical (unpaired) electrons. The lowest BCUT2D eigenvalue weighted by Gasteiger charge is -2.31. The van der Waals surface area contributed by atoms with Crippen LogP contribution in [-0.4, -0.2) is 53.6 Å². The van der Waals surface area contributed by atoms with Gasteiger partial charge in [0.2, 0.25) is 5.91 Å². The molecular formula is C25H27N5O6S. The minimum Gasteiger partial charge on any atom is -0.508 e. The zero-order valence-electron chi connectivity index (χ0n) is 20.0. The minimum absolute atomic E-state index is 0.000628. The van der Waals surface area contributed by atoms with E-state index in [9.17, 15) is 19.5 Å². The molecule has 1 aliphatic rings. The van der Waals surface area contributed by atoms with Crippen molar-refractivity contribution in [2.24, 2.45) is 5.73 Å². The quantitative estimate of drug-likeness (QED) is 0.329. The van der Waals surface area contributed by atoms with Crippen molar-refractivity contribution >= 4 is 40.6 Å². The molecule has 0 saturated carbocycles. The van der Waals surface area contributed by atoms with Gasteiger partial charge in [-0.05, 0) is 54.2 Å². The van der Waals surface area contributed by atoms with Crippen LogP contribution in [0.15, 0.2) is 48.5 Å². The molecule has 0 unspecified atom stereocenters. The van der Waals surface area contributed by atoms with Crippen LogP contribution in [0.1, 0.15) is 44.6 Å². The number of amides is 3. The predicted octanol–water partition coefficient (Wildman–Crippen LogP) is 2.22. The topological polar surface area (TPSA) is 170 Å². The second kappa shape index (κ2) is 11.3. The fraction of sp³-hybridized carbons (Fsp3) is 0.280. The summed E-state index contributed by atoms with van der Waals surface area (Å²) < 4.78 is 14.9. The van der Waals surface area contributed by atoms with E-state index in [1.807, 2.05) is 0 Å². The molecule has 1 aromatic heterocycles. The molecule has 2 atom stereocenters. The number of phenolic OH excluding ortho intramolecular Hbond substituents is 1. The number of anilines is 2. The third-order valence-electron chi connectivity index (χ3n) is 5.95. The molecule has 11 nitrogen and oxygen atoms in total. The van der Waals surface area contributed by atoms with E-state index in [1.54, 1.807) is 36.4 Å². The summed E-state index contributed by atoms with van der Waals surface area (Å²) in [6.07, 6.45) is 1.60. The highest BCUT2D eigenvalue weighted by atomic mass is 32.1. The van der Waals surface area contributed by atoms with Gasteiger partial charge in [-0.25, -0.2) is 0 Å². The van der Waals surface area contributed by atoms with Crippen molar-refractivity contribution < 1.29 is 29.0 Å². The van der Waals surface area contributed by atoms with Gasteiger partial charge in [-0.15, -0.1) is 0 Å². The van der Waals surface area contributed by atoms with Crippen molar-refractivity contribution in [3.63, 3.8) is 0 Å². The molecule has 6 N–H and O–H groups in total. The summed E-state index contributed by atoms with van der Waals surface area (Å²) in [4.78, 5) is 40.7. The van der Waals surface area contributed by atoms with Gasteiger partial charge in [0.15, 0.2) is 5.69 Å². The smallest absolute Gasteiger partial charge is 0.273 e. The van der Waals surface area contributed by atoms with Crippen LogP contribution in [0.25, 0.3) is 0 Å². The summed E-state index contributed by atoms with van der Waals surface area (Å²) in [5.74, 6) is -1.56. The molecule has 4 rings (SSSR count). The number of aromatic hydroxyl groups is 1. The fourth-order valence-electron chi connectivity index (χ4n) is 4.07. The first kappa shape index (κ1) is 25.9. The number of rotatable bonds is 9. The van der Waals surface area contributed by atoms with Gasteiger partial charge in [-0.1, -0.05) is 18.2 Å². The third-order valence-corrected chi connectivity index (χ3v) is 6.80. The van der Waals surface area contributed by atoms with Crippen LogP contribution in [0.4, 0.5) is 11.4 Å². The number of nitrogens with one attached hydrogen (secondary N) is 1. The highest BCUT2D eigenvalue weighted by Crippen LogP contribution is 2.35. The zero-order valence-corrected chi connectivity index (χ0v) is 20.9. The van der Waals surface area contributed by atoms with E-state index in [-0.39, 0.29) is 34.7 Å². The van der Waals surface area contributed by atoms with Crippen LogP contribution in [0.3, 0.4) is 0 Å². The van der Waals surface area contributed by atoms with E-state index in [2.05, 4.69) is 9.69 Å². The molecular weight excluding hydrogens is 498 g/mol. The number of nitrogen functional groups attached to an aromatic ring is 1. The molecule has 12 heteroatoms. The lowest BCUT2D eigenvalue weighted by molar-refractivity contribution is -0.123. The second-order valence-corrected chi connectivity index (χ2v) is 9.16. The molecule has 37 heavy (non-hydrogen) atoms. The van der Waals surface area contributed by atoms with E-state index in [4.69, 9.17) is 20.9 Å². The Morgan fingerprint density at radius 3 is 2.65 bits per heavy atom. The van der Waals surface area contributed by atoms with Gasteiger partial charge in [0.25, 0.3) is 11.8 Å². The minimum atomic E-state index is -1.18. The summed E-state index contributed by atoms with van der Waals surface area (Å²) in [6, 6.07) is 11.4. The second-order valence-electron chi connectivity index (χ2n) is 8.39. The first-order valence-corrected chi connectivity index (χ1v) is 12.3. The third kappa shape index (κ3) is 5.65. The Bertz CT molecular complexity index is 1290. The number of phenols is 1. The number of benzene rings is 2. The van der Waals surface area contributed by atoms with Crippen LogP contribution in [0, 0.1) is 0 Å². The number of carbonyl (C=O) groups excluding carboxylic acids is 3. The highest BCUT2D eigenvalue weighted by molar-refractivity contribution is 7.09. The Kier molecular flexibility index (Phi) is 7.89. The molecule has 2 heterocycles. The maximum atomic E-state index is 14.0. The molecule has 2 aromatic carbocycles. The monoisotopic (exact) mass is 525 g/mol. The average molecular weight is 526 g/mol. The van der Waals surface area contributed by atoms with E-state index in [0.29, 0.717) is 35.1 Å². The van der Waals surface area contributed by atoms with E-state index >= 15 is 0 Å². The number of methoxy groups -OCH3 is 1. The van der Waals surface area contributed by atoms with Gasteiger partial charge in [0.1, 0.15) is 22.4 Å². The number of carbonyl (C=O) groups is 3. The van der Waals surface area contributed by atoms with E-state index in [0.717, 1.165) is 12.8 Å². The van der Waals surface area contributed by atoms with Gasteiger partial charge in [-0.2, -0.15) is 4.37 Å². The molecule has 194 valence electrons. The maximum absolute atomic E-state index is 14.0. The largest absolute Gasteiger partial charge is 0.508 e. The Morgan fingerprint density at radius 1 is 1.27 bits per heavy atom. The Labute approximate surface area is 217 Å². The predicted molar refractivity (Wildman–Crippen MR) is 138 cm³/mol. The van der Waals surface area contributed by atoms with Gasteiger partial charge in [0.05, 0.1) is 18.9 Å². The van der Waals surface area contributed by atoms with Crippen LogP contribution in [0.5, 0.6) is 11.5 Å². The number of primary amides is 1. The molecule has 1 aliphatic heterocycles. The summed E-state index contributed by atoms with van der Waals surface area (Å²) >= 11 is 0.716. The Balaban J connectivity index is 1.82. The van der Waals surface area contributed by atoms with Crippen LogP contribution in [0.2, 0.25) is 0 Å². The fourth-order valence-corrected chi connectivity index (χ4v) is 4.82.